The average molecular weight is 376 g/mol. The topological polar surface area (TPSA) is 12.5 Å². The fourth-order valence-electron chi connectivity index (χ4n) is 3.52. The van der Waals surface area contributed by atoms with Gasteiger partial charge in [-0.1, -0.05) is 84.6 Å². The number of anilines is 1. The molecule has 0 saturated heterocycles. The van der Waals surface area contributed by atoms with Crippen LogP contribution in [-0.4, -0.2) is 19.7 Å². The van der Waals surface area contributed by atoms with Crippen LogP contribution in [0.25, 0.3) is 0 Å². The minimum absolute atomic E-state index is 0.843. The highest BCUT2D eigenvalue weighted by Crippen LogP contribution is 2.31. The zero-order valence-electron chi connectivity index (χ0n) is 18.7. The molecule has 0 N–H and O–H groups in total. The van der Waals surface area contributed by atoms with Crippen LogP contribution < -0.4 is 9.64 Å². The second-order valence-corrected chi connectivity index (χ2v) is 7.99. The molecule has 2 nitrogen and oxygen atoms in total. The van der Waals surface area contributed by atoms with E-state index in [9.17, 15) is 0 Å². The molecular weight excluding hydrogens is 330 g/mol. The molecule has 0 radical (unpaired) electrons. The van der Waals surface area contributed by atoms with Gasteiger partial charge in [0.25, 0.3) is 0 Å². The summed E-state index contributed by atoms with van der Waals surface area (Å²) >= 11 is 0. The SMILES string of the molecule is CCCCCCOc1ccc(C)cc1N(CCCCCC)CCCCCC. The van der Waals surface area contributed by atoms with Crippen molar-refractivity contribution in [2.24, 2.45) is 0 Å². The second-order valence-electron chi connectivity index (χ2n) is 7.99. The zero-order valence-corrected chi connectivity index (χ0v) is 18.7. The maximum atomic E-state index is 6.23. The number of hydrogen-bond acceptors (Lipinski definition) is 2. The molecular formula is C25H45NO. The summed E-state index contributed by atoms with van der Waals surface area (Å²) in [5, 5.41) is 0. The van der Waals surface area contributed by atoms with E-state index in [-0.39, 0.29) is 0 Å². The lowest BCUT2D eigenvalue weighted by atomic mass is 10.1. The Balaban J connectivity index is 2.74. The Labute approximate surface area is 169 Å². The maximum absolute atomic E-state index is 6.23. The summed E-state index contributed by atoms with van der Waals surface area (Å²) in [6, 6.07) is 6.72. The number of nitrogens with zero attached hydrogens (tertiary/aromatic N) is 1. The van der Waals surface area contributed by atoms with Gasteiger partial charge >= 0.3 is 0 Å². The highest BCUT2D eigenvalue weighted by atomic mass is 16.5. The first-order valence-electron chi connectivity index (χ1n) is 11.7. The second kappa shape index (κ2) is 15.8. The smallest absolute Gasteiger partial charge is 0.142 e. The molecule has 0 atom stereocenters. The van der Waals surface area contributed by atoms with E-state index in [0.29, 0.717) is 0 Å². The molecule has 1 aromatic rings. The standard InChI is InChI=1S/C25H45NO/c1-5-8-11-14-19-26(20-15-12-9-6-2)24-22-23(4)17-18-25(24)27-21-16-13-10-7-3/h17-18,22H,5-16,19-21H2,1-4H3. The van der Waals surface area contributed by atoms with Crippen molar-refractivity contribution in [2.75, 3.05) is 24.6 Å². The van der Waals surface area contributed by atoms with Crippen LogP contribution in [-0.2, 0) is 0 Å². The lowest BCUT2D eigenvalue weighted by Crippen LogP contribution is -2.26. The molecule has 0 aromatic heterocycles. The quantitative estimate of drug-likeness (QED) is 0.256. The van der Waals surface area contributed by atoms with Crippen molar-refractivity contribution >= 4 is 5.69 Å². The summed E-state index contributed by atoms with van der Waals surface area (Å²) in [6.45, 7) is 12.2. The number of ether oxygens (including phenoxy) is 1. The molecule has 0 amide bonds. The van der Waals surface area contributed by atoms with E-state index >= 15 is 0 Å². The third-order valence-electron chi connectivity index (χ3n) is 5.27. The number of rotatable bonds is 17. The first kappa shape index (κ1) is 23.9. The van der Waals surface area contributed by atoms with Gasteiger partial charge in [0.1, 0.15) is 5.75 Å². The summed E-state index contributed by atoms with van der Waals surface area (Å²) in [7, 11) is 0. The third kappa shape index (κ3) is 10.7. The van der Waals surface area contributed by atoms with Crippen LogP contribution in [0.4, 0.5) is 5.69 Å². The zero-order chi connectivity index (χ0) is 19.7. The van der Waals surface area contributed by atoms with Crippen molar-refractivity contribution in [3.8, 4) is 5.75 Å². The predicted molar refractivity (Wildman–Crippen MR) is 121 cm³/mol. The Morgan fingerprint density at radius 2 is 1.26 bits per heavy atom. The van der Waals surface area contributed by atoms with E-state index in [0.717, 1.165) is 31.9 Å². The van der Waals surface area contributed by atoms with Gasteiger partial charge in [-0.3, -0.25) is 0 Å². The summed E-state index contributed by atoms with van der Waals surface area (Å²) in [5.74, 6) is 1.09. The third-order valence-corrected chi connectivity index (χ3v) is 5.27. The molecule has 0 spiro atoms. The average Bonchev–Trinajstić information content (AvgIpc) is 2.67. The summed E-state index contributed by atoms with van der Waals surface area (Å²) in [6.07, 6.45) is 15.5. The normalized spacial score (nSPS) is 11.0. The van der Waals surface area contributed by atoms with Gasteiger partial charge in [-0.2, -0.15) is 0 Å². The van der Waals surface area contributed by atoms with E-state index in [1.54, 1.807) is 0 Å². The molecule has 0 fully saturated rings. The molecule has 1 aromatic carbocycles. The minimum atomic E-state index is 0.843. The molecule has 0 aliphatic rings. The van der Waals surface area contributed by atoms with Crippen LogP contribution >= 0.6 is 0 Å². The van der Waals surface area contributed by atoms with Crippen LogP contribution in [0.1, 0.15) is 103 Å². The van der Waals surface area contributed by atoms with Gasteiger partial charge in [0, 0.05) is 13.1 Å². The Bertz CT molecular complexity index is 459. The first-order chi connectivity index (χ1) is 13.2. The number of aryl methyl sites for hydroxylation is 1. The largest absolute Gasteiger partial charge is 0.491 e. The summed E-state index contributed by atoms with van der Waals surface area (Å²) in [5.41, 5.74) is 2.65. The van der Waals surface area contributed by atoms with E-state index in [4.69, 9.17) is 4.74 Å². The van der Waals surface area contributed by atoms with Gasteiger partial charge in [0.2, 0.25) is 0 Å². The number of unbranched alkanes of at least 4 members (excludes halogenated alkanes) is 9. The molecule has 0 aliphatic carbocycles. The van der Waals surface area contributed by atoms with Crippen molar-refractivity contribution in [2.45, 2.75) is 105 Å². The van der Waals surface area contributed by atoms with Crippen LogP contribution in [0.2, 0.25) is 0 Å². The Hall–Kier alpha value is -1.18. The van der Waals surface area contributed by atoms with Crippen molar-refractivity contribution in [3.05, 3.63) is 23.8 Å². The van der Waals surface area contributed by atoms with Crippen molar-refractivity contribution in [1.82, 2.24) is 0 Å². The van der Waals surface area contributed by atoms with Crippen molar-refractivity contribution in [1.29, 1.82) is 0 Å². The van der Waals surface area contributed by atoms with Gasteiger partial charge in [-0.05, 0) is 43.9 Å². The molecule has 0 bridgehead atoms. The van der Waals surface area contributed by atoms with Crippen LogP contribution in [0.3, 0.4) is 0 Å². The van der Waals surface area contributed by atoms with Gasteiger partial charge in [0.15, 0.2) is 0 Å². The Morgan fingerprint density at radius 3 is 1.81 bits per heavy atom. The van der Waals surface area contributed by atoms with Gasteiger partial charge in [-0.25, -0.2) is 0 Å². The lowest BCUT2D eigenvalue weighted by Gasteiger charge is -2.27. The number of hydrogen-bond donors (Lipinski definition) is 0. The summed E-state index contributed by atoms with van der Waals surface area (Å²) in [4.78, 5) is 2.60. The highest BCUT2D eigenvalue weighted by Gasteiger charge is 2.13. The molecule has 0 unspecified atom stereocenters. The van der Waals surface area contributed by atoms with Crippen LogP contribution in [0.15, 0.2) is 18.2 Å². The summed E-state index contributed by atoms with van der Waals surface area (Å²) < 4.78 is 6.23. The monoisotopic (exact) mass is 375 g/mol. The molecule has 156 valence electrons. The fourth-order valence-corrected chi connectivity index (χ4v) is 3.52. The molecule has 27 heavy (non-hydrogen) atoms. The minimum Gasteiger partial charge on any atom is -0.491 e. The molecule has 1 rings (SSSR count). The van der Waals surface area contributed by atoms with Crippen LogP contribution in [0.5, 0.6) is 5.75 Å². The van der Waals surface area contributed by atoms with Crippen molar-refractivity contribution < 1.29 is 4.74 Å². The number of benzene rings is 1. The molecule has 0 aliphatic heterocycles. The van der Waals surface area contributed by atoms with Gasteiger partial charge in [0.05, 0.1) is 12.3 Å². The fraction of sp³-hybridized carbons (Fsp3) is 0.760. The molecule has 0 heterocycles. The van der Waals surface area contributed by atoms with Gasteiger partial charge in [-0.15, -0.1) is 0 Å². The van der Waals surface area contributed by atoms with Gasteiger partial charge < -0.3 is 9.64 Å². The first-order valence-corrected chi connectivity index (χ1v) is 11.7. The van der Waals surface area contributed by atoms with E-state index in [1.807, 2.05) is 0 Å². The van der Waals surface area contributed by atoms with Crippen LogP contribution in [0, 0.1) is 6.92 Å². The van der Waals surface area contributed by atoms with E-state index in [2.05, 4.69) is 50.8 Å². The molecule has 0 saturated carbocycles. The van der Waals surface area contributed by atoms with E-state index in [1.165, 1.54) is 81.9 Å². The Morgan fingerprint density at radius 1 is 0.704 bits per heavy atom. The maximum Gasteiger partial charge on any atom is 0.142 e. The predicted octanol–water partition coefficient (Wildman–Crippen LogP) is 7.92. The lowest BCUT2D eigenvalue weighted by molar-refractivity contribution is 0.305. The Kier molecular flexibility index (Phi) is 14.0. The molecule has 2 heteroatoms. The van der Waals surface area contributed by atoms with E-state index < -0.39 is 0 Å². The highest BCUT2D eigenvalue weighted by molar-refractivity contribution is 5.60. The van der Waals surface area contributed by atoms with Crippen molar-refractivity contribution in [3.63, 3.8) is 0 Å².